The van der Waals surface area contributed by atoms with Crippen LogP contribution in [0.5, 0.6) is 0 Å². The van der Waals surface area contributed by atoms with Gasteiger partial charge in [-0.15, -0.1) is 0 Å². The van der Waals surface area contributed by atoms with Crippen molar-refractivity contribution >= 4 is 34.8 Å². The maximum Gasteiger partial charge on any atom is 0.0627 e. The van der Waals surface area contributed by atoms with Gasteiger partial charge < -0.3 is 5.73 Å². The van der Waals surface area contributed by atoms with E-state index in [4.69, 9.17) is 40.5 Å². The zero-order chi connectivity index (χ0) is 13.8. The van der Waals surface area contributed by atoms with Crippen molar-refractivity contribution in [2.75, 3.05) is 6.54 Å². The minimum atomic E-state index is 0.103. The molecule has 2 rings (SSSR count). The van der Waals surface area contributed by atoms with Gasteiger partial charge >= 0.3 is 0 Å². The lowest BCUT2D eigenvalue weighted by molar-refractivity contribution is 0.695. The molecule has 0 amide bonds. The van der Waals surface area contributed by atoms with Gasteiger partial charge in [-0.3, -0.25) is 0 Å². The van der Waals surface area contributed by atoms with Gasteiger partial charge in [-0.25, -0.2) is 0 Å². The summed E-state index contributed by atoms with van der Waals surface area (Å²) in [6.07, 6.45) is 0.746. The lowest BCUT2D eigenvalue weighted by atomic mass is 9.92. The lowest BCUT2D eigenvalue weighted by Gasteiger charge is -2.18. The largest absolute Gasteiger partial charge is 0.330 e. The summed E-state index contributed by atoms with van der Waals surface area (Å²) in [4.78, 5) is 0. The summed E-state index contributed by atoms with van der Waals surface area (Å²) >= 11 is 18.5. The maximum atomic E-state index is 6.25. The van der Waals surface area contributed by atoms with Gasteiger partial charge in [0.2, 0.25) is 0 Å². The van der Waals surface area contributed by atoms with Crippen LogP contribution in [0.25, 0.3) is 0 Å². The van der Waals surface area contributed by atoms with E-state index in [-0.39, 0.29) is 5.92 Å². The molecule has 2 aromatic rings. The molecule has 0 fully saturated rings. The molecule has 0 saturated heterocycles. The van der Waals surface area contributed by atoms with Gasteiger partial charge in [0.25, 0.3) is 0 Å². The molecule has 1 atom stereocenters. The summed E-state index contributed by atoms with van der Waals surface area (Å²) in [7, 11) is 0. The van der Waals surface area contributed by atoms with E-state index in [9.17, 15) is 0 Å². The topological polar surface area (TPSA) is 26.0 Å². The van der Waals surface area contributed by atoms with Crippen molar-refractivity contribution in [3.63, 3.8) is 0 Å². The van der Waals surface area contributed by atoms with Crippen LogP contribution >= 0.6 is 34.8 Å². The first-order chi connectivity index (χ1) is 9.13. The molecule has 0 spiro atoms. The summed E-state index contributed by atoms with van der Waals surface area (Å²) in [6, 6.07) is 13.4. The molecule has 0 radical (unpaired) electrons. The first-order valence-corrected chi connectivity index (χ1v) is 7.14. The van der Waals surface area contributed by atoms with E-state index in [1.165, 1.54) is 0 Å². The van der Waals surface area contributed by atoms with Crippen molar-refractivity contribution in [2.45, 2.75) is 12.3 Å². The molecule has 2 aromatic carbocycles. The van der Waals surface area contributed by atoms with Crippen molar-refractivity contribution in [2.24, 2.45) is 5.73 Å². The molecule has 0 bridgehead atoms. The fraction of sp³-hybridized carbons (Fsp3) is 0.200. The van der Waals surface area contributed by atoms with Crippen molar-refractivity contribution in [1.29, 1.82) is 0 Å². The molecule has 100 valence electrons. The van der Waals surface area contributed by atoms with Crippen molar-refractivity contribution in [3.8, 4) is 0 Å². The van der Waals surface area contributed by atoms with Crippen LogP contribution in [0.1, 0.15) is 17.0 Å². The van der Waals surface area contributed by atoms with E-state index in [1.807, 2.05) is 36.4 Å². The van der Waals surface area contributed by atoms with Crippen LogP contribution in [-0.2, 0) is 6.42 Å². The van der Waals surface area contributed by atoms with Gasteiger partial charge in [-0.1, -0.05) is 65.1 Å². The fourth-order valence-electron chi connectivity index (χ4n) is 2.09. The standard InChI is InChI=1S/C15H14Cl3N/c16-13-6-2-1-4-10(13)8-11(9-19)12-5-3-7-14(17)15(12)18/h1-7,11H,8-9,19H2. The van der Waals surface area contributed by atoms with Crippen LogP contribution in [0.4, 0.5) is 0 Å². The lowest BCUT2D eigenvalue weighted by Crippen LogP contribution is -2.15. The molecule has 2 N–H and O–H groups in total. The molecule has 0 aliphatic carbocycles. The van der Waals surface area contributed by atoms with Crippen molar-refractivity contribution in [3.05, 3.63) is 68.7 Å². The van der Waals surface area contributed by atoms with Crippen LogP contribution in [0.2, 0.25) is 15.1 Å². The number of halogens is 3. The number of hydrogen-bond acceptors (Lipinski definition) is 1. The second-order valence-electron chi connectivity index (χ2n) is 4.37. The highest BCUT2D eigenvalue weighted by Crippen LogP contribution is 2.33. The first kappa shape index (κ1) is 14.7. The van der Waals surface area contributed by atoms with Crippen LogP contribution in [0.15, 0.2) is 42.5 Å². The Labute approximate surface area is 128 Å². The normalized spacial score (nSPS) is 12.4. The van der Waals surface area contributed by atoms with Crippen LogP contribution < -0.4 is 5.73 Å². The Hall–Kier alpha value is -0.730. The van der Waals surface area contributed by atoms with E-state index in [0.717, 1.165) is 22.6 Å². The van der Waals surface area contributed by atoms with Crippen LogP contribution in [0, 0.1) is 0 Å². The third kappa shape index (κ3) is 3.43. The third-order valence-corrected chi connectivity index (χ3v) is 4.33. The molecule has 19 heavy (non-hydrogen) atoms. The van der Waals surface area contributed by atoms with E-state index >= 15 is 0 Å². The predicted molar refractivity (Wildman–Crippen MR) is 83.4 cm³/mol. The summed E-state index contributed by atoms with van der Waals surface area (Å²) in [5.74, 6) is 0.103. The van der Waals surface area contributed by atoms with Crippen LogP contribution in [0.3, 0.4) is 0 Å². The number of benzene rings is 2. The number of rotatable bonds is 4. The van der Waals surface area contributed by atoms with Gasteiger partial charge in [0.1, 0.15) is 0 Å². The van der Waals surface area contributed by atoms with Gasteiger partial charge in [0.05, 0.1) is 10.0 Å². The van der Waals surface area contributed by atoms with E-state index in [0.29, 0.717) is 16.6 Å². The highest BCUT2D eigenvalue weighted by Gasteiger charge is 2.16. The summed E-state index contributed by atoms with van der Waals surface area (Å²) < 4.78 is 0. The number of hydrogen-bond donors (Lipinski definition) is 1. The van der Waals surface area contributed by atoms with Gasteiger partial charge in [0, 0.05) is 10.9 Å². The Bertz CT molecular complexity index is 569. The average molecular weight is 315 g/mol. The Morgan fingerprint density at radius 3 is 2.26 bits per heavy atom. The Kier molecular flexibility index (Phi) is 5.12. The van der Waals surface area contributed by atoms with Crippen LogP contribution in [-0.4, -0.2) is 6.54 Å². The molecule has 1 nitrogen and oxygen atoms in total. The second kappa shape index (κ2) is 6.62. The average Bonchev–Trinajstić information content (AvgIpc) is 2.41. The summed E-state index contributed by atoms with van der Waals surface area (Å²) in [5.41, 5.74) is 7.91. The molecule has 0 aliphatic rings. The minimum absolute atomic E-state index is 0.103. The summed E-state index contributed by atoms with van der Waals surface area (Å²) in [6.45, 7) is 0.491. The second-order valence-corrected chi connectivity index (χ2v) is 5.56. The highest BCUT2D eigenvalue weighted by molar-refractivity contribution is 6.42. The molecule has 0 saturated carbocycles. The third-order valence-electron chi connectivity index (χ3n) is 3.13. The van der Waals surface area contributed by atoms with Crippen molar-refractivity contribution < 1.29 is 0 Å². The summed E-state index contributed by atoms with van der Waals surface area (Å²) in [5, 5.41) is 1.88. The van der Waals surface area contributed by atoms with Gasteiger partial charge in [-0.2, -0.15) is 0 Å². The van der Waals surface area contributed by atoms with Gasteiger partial charge in [-0.05, 0) is 36.2 Å². The zero-order valence-electron chi connectivity index (χ0n) is 10.2. The Balaban J connectivity index is 2.31. The fourth-order valence-corrected chi connectivity index (χ4v) is 2.76. The van der Waals surface area contributed by atoms with Gasteiger partial charge in [0.15, 0.2) is 0 Å². The molecule has 0 aromatic heterocycles. The van der Waals surface area contributed by atoms with Crippen molar-refractivity contribution in [1.82, 2.24) is 0 Å². The first-order valence-electron chi connectivity index (χ1n) is 6.01. The minimum Gasteiger partial charge on any atom is -0.330 e. The van der Waals surface area contributed by atoms with E-state index < -0.39 is 0 Å². The van der Waals surface area contributed by atoms with E-state index in [1.54, 1.807) is 6.07 Å². The maximum absolute atomic E-state index is 6.25. The monoisotopic (exact) mass is 313 g/mol. The molecule has 1 unspecified atom stereocenters. The highest BCUT2D eigenvalue weighted by atomic mass is 35.5. The molecule has 4 heteroatoms. The SMILES string of the molecule is NCC(Cc1ccccc1Cl)c1cccc(Cl)c1Cl. The predicted octanol–water partition coefficient (Wildman–Crippen LogP) is 4.93. The molecular weight excluding hydrogens is 301 g/mol. The quantitative estimate of drug-likeness (QED) is 0.850. The van der Waals surface area contributed by atoms with E-state index in [2.05, 4.69) is 0 Å². The molecule has 0 heterocycles. The number of nitrogens with two attached hydrogens (primary N) is 1. The molecular formula is C15H14Cl3N. The Morgan fingerprint density at radius 1 is 0.895 bits per heavy atom. The Morgan fingerprint density at radius 2 is 1.58 bits per heavy atom. The smallest absolute Gasteiger partial charge is 0.0627 e. The molecule has 0 aliphatic heterocycles. The zero-order valence-corrected chi connectivity index (χ0v) is 12.5.